The van der Waals surface area contributed by atoms with E-state index in [0.29, 0.717) is 17.0 Å². The Balaban J connectivity index is 1.51. The van der Waals surface area contributed by atoms with Gasteiger partial charge in [-0.2, -0.15) is 0 Å². The topological polar surface area (TPSA) is 67.4 Å². The number of halogens is 1. The molecule has 3 rings (SSSR count). The van der Waals surface area contributed by atoms with E-state index in [0.717, 1.165) is 16.7 Å². The van der Waals surface area contributed by atoms with Crippen LogP contribution in [0.25, 0.3) is 0 Å². The quantitative estimate of drug-likeness (QED) is 0.612. The van der Waals surface area contributed by atoms with Crippen LogP contribution in [0.1, 0.15) is 27.0 Å². The molecule has 2 amide bonds. The zero-order valence-electron chi connectivity index (χ0n) is 16.9. The average Bonchev–Trinajstić information content (AvgIpc) is 2.73. The number of carbonyl (C=O) groups is 2. The smallest absolute Gasteiger partial charge is 0.251 e. The van der Waals surface area contributed by atoms with Gasteiger partial charge in [-0.05, 0) is 66.9 Å². The van der Waals surface area contributed by atoms with Crippen molar-refractivity contribution in [3.05, 3.63) is 94.8 Å². The van der Waals surface area contributed by atoms with Gasteiger partial charge in [0.05, 0.1) is 6.54 Å². The summed E-state index contributed by atoms with van der Waals surface area (Å²) >= 11 is 0. The van der Waals surface area contributed by atoms with Crippen LogP contribution in [0.3, 0.4) is 0 Å². The molecule has 0 bridgehead atoms. The third kappa shape index (κ3) is 5.91. The number of benzene rings is 3. The highest BCUT2D eigenvalue weighted by molar-refractivity contribution is 5.99. The van der Waals surface area contributed by atoms with Crippen LogP contribution in [0.4, 0.5) is 10.1 Å². The number of hydrogen-bond donors (Lipinski definition) is 2. The third-order valence-corrected chi connectivity index (χ3v) is 4.59. The fourth-order valence-electron chi connectivity index (χ4n) is 2.81. The Labute approximate surface area is 174 Å². The summed E-state index contributed by atoms with van der Waals surface area (Å²) in [6, 6.07) is 18.5. The summed E-state index contributed by atoms with van der Waals surface area (Å²) in [7, 11) is 0. The first-order valence-electron chi connectivity index (χ1n) is 9.53. The van der Waals surface area contributed by atoms with Gasteiger partial charge in [-0.25, -0.2) is 4.39 Å². The second-order valence-corrected chi connectivity index (χ2v) is 6.98. The Hall–Kier alpha value is -3.67. The minimum absolute atomic E-state index is 0.143. The summed E-state index contributed by atoms with van der Waals surface area (Å²) in [6.07, 6.45) is 0. The normalized spacial score (nSPS) is 10.4. The molecule has 0 saturated carbocycles. The molecular weight excluding hydrogens is 383 g/mol. The van der Waals surface area contributed by atoms with E-state index in [-0.39, 0.29) is 30.8 Å². The molecule has 6 heteroatoms. The van der Waals surface area contributed by atoms with E-state index in [1.807, 2.05) is 26.0 Å². The van der Waals surface area contributed by atoms with E-state index in [1.54, 1.807) is 42.5 Å². The van der Waals surface area contributed by atoms with Crippen molar-refractivity contribution in [2.24, 2.45) is 0 Å². The van der Waals surface area contributed by atoms with Crippen molar-refractivity contribution in [2.45, 2.75) is 20.5 Å². The van der Waals surface area contributed by atoms with Crippen LogP contribution in [0.2, 0.25) is 0 Å². The standard InChI is InChI=1S/C24H23FN2O3/c1-16-9-10-19(11-17(16)2)24(29)26-14-23(28)27-21-7-3-5-18(12-21)15-30-22-8-4-6-20(25)13-22/h3-13H,14-15H2,1-2H3,(H,26,29)(H,27,28). The van der Waals surface area contributed by atoms with Gasteiger partial charge in [0.2, 0.25) is 5.91 Å². The number of nitrogens with one attached hydrogen (secondary N) is 2. The van der Waals surface area contributed by atoms with Gasteiger partial charge < -0.3 is 15.4 Å². The number of amides is 2. The number of hydrogen-bond acceptors (Lipinski definition) is 3. The van der Waals surface area contributed by atoms with Gasteiger partial charge >= 0.3 is 0 Å². The average molecular weight is 406 g/mol. The molecule has 154 valence electrons. The molecule has 0 aromatic heterocycles. The highest BCUT2D eigenvalue weighted by Gasteiger charge is 2.09. The summed E-state index contributed by atoms with van der Waals surface area (Å²) in [4.78, 5) is 24.4. The number of carbonyl (C=O) groups excluding carboxylic acids is 2. The monoisotopic (exact) mass is 406 g/mol. The molecule has 0 unspecified atom stereocenters. The second-order valence-electron chi connectivity index (χ2n) is 6.98. The maximum Gasteiger partial charge on any atom is 0.251 e. The molecule has 0 aliphatic rings. The molecular formula is C24H23FN2O3. The van der Waals surface area contributed by atoms with Crippen LogP contribution < -0.4 is 15.4 Å². The van der Waals surface area contributed by atoms with Crippen LogP contribution >= 0.6 is 0 Å². The van der Waals surface area contributed by atoms with E-state index in [1.165, 1.54) is 12.1 Å². The van der Waals surface area contributed by atoms with Crippen molar-refractivity contribution >= 4 is 17.5 Å². The van der Waals surface area contributed by atoms with Gasteiger partial charge in [-0.15, -0.1) is 0 Å². The lowest BCUT2D eigenvalue weighted by Crippen LogP contribution is -2.32. The van der Waals surface area contributed by atoms with E-state index in [4.69, 9.17) is 4.74 Å². The van der Waals surface area contributed by atoms with Crippen LogP contribution in [0.15, 0.2) is 66.7 Å². The number of anilines is 1. The van der Waals surface area contributed by atoms with Gasteiger partial charge in [0.1, 0.15) is 18.2 Å². The molecule has 30 heavy (non-hydrogen) atoms. The van der Waals surface area contributed by atoms with E-state index in [2.05, 4.69) is 10.6 Å². The lowest BCUT2D eigenvalue weighted by atomic mass is 10.1. The second kappa shape index (κ2) is 9.69. The summed E-state index contributed by atoms with van der Waals surface area (Å²) in [5.74, 6) is -0.573. The maximum absolute atomic E-state index is 13.2. The molecule has 0 aliphatic heterocycles. The Bertz CT molecular complexity index is 1070. The van der Waals surface area contributed by atoms with Crippen LogP contribution in [-0.4, -0.2) is 18.4 Å². The first-order valence-corrected chi connectivity index (χ1v) is 9.53. The molecule has 3 aromatic carbocycles. The van der Waals surface area contributed by atoms with Gasteiger partial charge in [0, 0.05) is 17.3 Å². The van der Waals surface area contributed by atoms with Gasteiger partial charge in [-0.1, -0.05) is 24.3 Å². The number of aryl methyl sites for hydroxylation is 2. The molecule has 0 aliphatic carbocycles. The Kier molecular flexibility index (Phi) is 6.80. The van der Waals surface area contributed by atoms with Crippen molar-refractivity contribution in [1.29, 1.82) is 0 Å². The molecule has 0 saturated heterocycles. The van der Waals surface area contributed by atoms with E-state index in [9.17, 15) is 14.0 Å². The van der Waals surface area contributed by atoms with Crippen LogP contribution in [-0.2, 0) is 11.4 Å². The molecule has 5 nitrogen and oxygen atoms in total. The summed E-state index contributed by atoms with van der Waals surface area (Å²) in [5.41, 5.74) is 4.04. The van der Waals surface area contributed by atoms with Gasteiger partial charge in [0.25, 0.3) is 5.91 Å². The minimum atomic E-state index is -0.364. The Morgan fingerprint density at radius 3 is 2.50 bits per heavy atom. The summed E-state index contributed by atoms with van der Waals surface area (Å²) in [5, 5.41) is 5.37. The van der Waals surface area contributed by atoms with Gasteiger partial charge in [0.15, 0.2) is 0 Å². The molecule has 0 spiro atoms. The maximum atomic E-state index is 13.2. The fraction of sp³-hybridized carbons (Fsp3) is 0.167. The molecule has 0 atom stereocenters. The fourth-order valence-corrected chi connectivity index (χ4v) is 2.81. The summed E-state index contributed by atoms with van der Waals surface area (Å²) in [6.45, 7) is 4.00. The SMILES string of the molecule is Cc1ccc(C(=O)NCC(=O)Nc2cccc(COc3cccc(F)c3)c2)cc1C. The lowest BCUT2D eigenvalue weighted by Gasteiger charge is -2.10. The van der Waals surface area contributed by atoms with Crippen molar-refractivity contribution < 1.29 is 18.7 Å². The predicted octanol–water partition coefficient (Wildman–Crippen LogP) is 4.39. The largest absolute Gasteiger partial charge is 0.489 e. The molecule has 0 fully saturated rings. The molecule has 0 radical (unpaired) electrons. The minimum Gasteiger partial charge on any atom is -0.489 e. The van der Waals surface area contributed by atoms with Crippen molar-refractivity contribution in [2.75, 3.05) is 11.9 Å². The summed E-state index contributed by atoms with van der Waals surface area (Å²) < 4.78 is 18.8. The predicted molar refractivity (Wildman–Crippen MR) is 114 cm³/mol. The lowest BCUT2D eigenvalue weighted by molar-refractivity contribution is -0.115. The van der Waals surface area contributed by atoms with Crippen LogP contribution in [0.5, 0.6) is 5.75 Å². The highest BCUT2D eigenvalue weighted by atomic mass is 19.1. The van der Waals surface area contributed by atoms with Crippen molar-refractivity contribution in [3.8, 4) is 5.75 Å². The highest BCUT2D eigenvalue weighted by Crippen LogP contribution is 2.16. The van der Waals surface area contributed by atoms with E-state index < -0.39 is 0 Å². The molecule has 3 aromatic rings. The number of ether oxygens (including phenoxy) is 1. The first-order chi connectivity index (χ1) is 14.4. The van der Waals surface area contributed by atoms with Crippen molar-refractivity contribution in [1.82, 2.24) is 5.32 Å². The van der Waals surface area contributed by atoms with Crippen molar-refractivity contribution in [3.63, 3.8) is 0 Å². The van der Waals surface area contributed by atoms with Gasteiger partial charge in [-0.3, -0.25) is 9.59 Å². The zero-order chi connectivity index (χ0) is 21.5. The Morgan fingerprint density at radius 2 is 1.73 bits per heavy atom. The molecule has 2 N–H and O–H groups in total. The van der Waals surface area contributed by atoms with E-state index >= 15 is 0 Å². The van der Waals surface area contributed by atoms with Crippen LogP contribution in [0, 0.1) is 19.7 Å². The first kappa shape index (κ1) is 21.0. The Morgan fingerprint density at radius 1 is 0.933 bits per heavy atom. The molecule has 0 heterocycles. The number of rotatable bonds is 7. The third-order valence-electron chi connectivity index (χ3n) is 4.59. The zero-order valence-corrected chi connectivity index (χ0v) is 16.9.